The zero-order chi connectivity index (χ0) is 17.2. The molecule has 0 unspecified atom stereocenters. The molecule has 0 aliphatic carbocycles. The largest absolute Gasteiger partial charge is 0.298 e. The van der Waals surface area contributed by atoms with Crippen molar-refractivity contribution in [3.05, 3.63) is 82.7 Å². The van der Waals surface area contributed by atoms with Crippen LogP contribution in [0.25, 0.3) is 21.5 Å². The number of hydrogen-bond donors (Lipinski definition) is 0. The maximum absolute atomic E-state index is 13.1. The minimum absolute atomic E-state index is 0.0909. The lowest BCUT2D eigenvalue weighted by Crippen LogP contribution is -2.20. The highest BCUT2D eigenvalue weighted by Gasteiger charge is 2.14. The molecule has 0 bridgehead atoms. The van der Waals surface area contributed by atoms with Crippen molar-refractivity contribution in [3.63, 3.8) is 0 Å². The van der Waals surface area contributed by atoms with Gasteiger partial charge in [-0.1, -0.05) is 30.3 Å². The van der Waals surface area contributed by atoms with Gasteiger partial charge in [-0.3, -0.25) is 9.36 Å². The lowest BCUT2D eigenvalue weighted by molar-refractivity contribution is 0.628. The number of aryl methyl sites for hydroxylation is 2. The maximum Gasteiger partial charge on any atom is 0.272 e. The van der Waals surface area contributed by atoms with E-state index in [2.05, 4.69) is 9.36 Å². The number of aromatic nitrogens is 3. The number of benzene rings is 2. The molecule has 4 nitrogen and oxygen atoms in total. The zero-order valence-corrected chi connectivity index (χ0v) is 14.0. The summed E-state index contributed by atoms with van der Waals surface area (Å²) in [7, 11) is 0. The standard InChI is InChI=1S/C19H14FN3OS/c20-15-8-6-14(7-9-15)16-17-18(25-22-16)19(24)23(12-21-17)11-10-13-4-2-1-3-5-13/h1-9,12H,10-11H2. The average Bonchev–Trinajstić information content (AvgIpc) is 3.08. The van der Waals surface area contributed by atoms with Gasteiger partial charge in [-0.25, -0.2) is 9.37 Å². The first-order chi connectivity index (χ1) is 12.2. The second-order valence-electron chi connectivity index (χ2n) is 5.69. The van der Waals surface area contributed by atoms with E-state index >= 15 is 0 Å². The number of hydrogen-bond acceptors (Lipinski definition) is 4. The molecule has 0 fully saturated rings. The van der Waals surface area contributed by atoms with Crippen molar-refractivity contribution in [2.45, 2.75) is 13.0 Å². The quantitative estimate of drug-likeness (QED) is 0.560. The molecule has 0 atom stereocenters. The number of nitrogens with zero attached hydrogens (tertiary/aromatic N) is 3. The van der Waals surface area contributed by atoms with E-state index in [1.165, 1.54) is 17.7 Å². The normalized spacial score (nSPS) is 11.1. The van der Waals surface area contributed by atoms with Crippen LogP contribution < -0.4 is 5.56 Å². The molecular formula is C19H14FN3OS. The highest BCUT2D eigenvalue weighted by Crippen LogP contribution is 2.27. The topological polar surface area (TPSA) is 47.8 Å². The van der Waals surface area contributed by atoms with Gasteiger partial charge in [0.1, 0.15) is 21.7 Å². The van der Waals surface area contributed by atoms with Crippen LogP contribution in [-0.4, -0.2) is 13.9 Å². The molecule has 2 aromatic heterocycles. The molecule has 4 rings (SSSR count). The Kier molecular flexibility index (Phi) is 4.11. The molecule has 25 heavy (non-hydrogen) atoms. The number of rotatable bonds is 4. The van der Waals surface area contributed by atoms with Crippen molar-refractivity contribution in [2.24, 2.45) is 0 Å². The third kappa shape index (κ3) is 3.08. The highest BCUT2D eigenvalue weighted by atomic mass is 32.1. The molecule has 0 saturated carbocycles. The minimum Gasteiger partial charge on any atom is -0.298 e. The molecule has 2 aromatic carbocycles. The van der Waals surface area contributed by atoms with Crippen molar-refractivity contribution in [1.29, 1.82) is 0 Å². The van der Waals surface area contributed by atoms with Gasteiger partial charge in [0.25, 0.3) is 5.56 Å². The van der Waals surface area contributed by atoms with E-state index in [1.807, 2.05) is 30.3 Å². The summed E-state index contributed by atoms with van der Waals surface area (Å²) < 4.78 is 19.6. The van der Waals surface area contributed by atoms with Crippen molar-refractivity contribution < 1.29 is 4.39 Å². The van der Waals surface area contributed by atoms with Crippen LogP contribution in [0.3, 0.4) is 0 Å². The Bertz CT molecular complexity index is 1070. The molecule has 0 saturated heterocycles. The summed E-state index contributed by atoms with van der Waals surface area (Å²) >= 11 is 1.14. The van der Waals surface area contributed by atoms with Crippen LogP contribution in [0.5, 0.6) is 0 Å². The molecule has 0 amide bonds. The zero-order valence-electron chi connectivity index (χ0n) is 13.2. The second-order valence-corrected chi connectivity index (χ2v) is 6.47. The Morgan fingerprint density at radius 2 is 1.80 bits per heavy atom. The molecule has 0 N–H and O–H groups in total. The first-order valence-corrected chi connectivity index (χ1v) is 8.64. The highest BCUT2D eigenvalue weighted by molar-refractivity contribution is 7.13. The van der Waals surface area contributed by atoms with Crippen LogP contribution in [0.15, 0.2) is 65.7 Å². The first kappa shape index (κ1) is 15.7. The van der Waals surface area contributed by atoms with Gasteiger partial charge in [-0.15, -0.1) is 0 Å². The molecular weight excluding hydrogens is 337 g/mol. The fourth-order valence-electron chi connectivity index (χ4n) is 2.71. The maximum atomic E-state index is 13.1. The fourth-order valence-corrected chi connectivity index (χ4v) is 3.51. The Balaban J connectivity index is 1.67. The van der Waals surface area contributed by atoms with Crippen LogP contribution in [0, 0.1) is 5.82 Å². The van der Waals surface area contributed by atoms with Gasteiger partial charge in [-0.05, 0) is 47.8 Å². The van der Waals surface area contributed by atoms with Crippen molar-refractivity contribution in [3.8, 4) is 11.3 Å². The van der Waals surface area contributed by atoms with Crippen molar-refractivity contribution in [1.82, 2.24) is 13.9 Å². The van der Waals surface area contributed by atoms with E-state index in [0.29, 0.717) is 22.5 Å². The Hall–Kier alpha value is -2.86. The van der Waals surface area contributed by atoms with E-state index in [-0.39, 0.29) is 11.4 Å². The van der Waals surface area contributed by atoms with E-state index in [0.717, 1.165) is 23.5 Å². The number of fused-ring (bicyclic) bond motifs is 1. The van der Waals surface area contributed by atoms with E-state index in [1.54, 1.807) is 23.0 Å². The van der Waals surface area contributed by atoms with Gasteiger partial charge in [0, 0.05) is 12.1 Å². The van der Waals surface area contributed by atoms with Gasteiger partial charge in [0.15, 0.2) is 0 Å². The fraction of sp³-hybridized carbons (Fsp3) is 0.105. The van der Waals surface area contributed by atoms with Crippen molar-refractivity contribution in [2.75, 3.05) is 0 Å². The molecule has 0 spiro atoms. The van der Waals surface area contributed by atoms with Crippen molar-refractivity contribution >= 4 is 21.7 Å². The van der Waals surface area contributed by atoms with Gasteiger partial charge >= 0.3 is 0 Å². The monoisotopic (exact) mass is 351 g/mol. The third-order valence-corrected chi connectivity index (χ3v) is 4.88. The molecule has 124 valence electrons. The molecule has 2 heterocycles. The lowest BCUT2D eigenvalue weighted by atomic mass is 10.1. The predicted octanol–water partition coefficient (Wildman–Crippen LogP) is 3.90. The summed E-state index contributed by atoms with van der Waals surface area (Å²) in [4.78, 5) is 17.1. The summed E-state index contributed by atoms with van der Waals surface area (Å²) in [6.45, 7) is 0.565. The summed E-state index contributed by atoms with van der Waals surface area (Å²) in [6.07, 6.45) is 2.33. The third-order valence-electron chi connectivity index (χ3n) is 4.05. The van der Waals surface area contributed by atoms with Crippen LogP contribution in [0.1, 0.15) is 5.56 Å². The smallest absolute Gasteiger partial charge is 0.272 e. The second kappa shape index (κ2) is 6.57. The first-order valence-electron chi connectivity index (χ1n) is 7.87. The molecule has 6 heteroatoms. The SMILES string of the molecule is O=c1c2snc(-c3ccc(F)cc3)c2ncn1CCc1ccccc1. The summed E-state index contributed by atoms with van der Waals surface area (Å²) in [5.74, 6) is -0.306. The molecule has 0 aliphatic rings. The van der Waals surface area contributed by atoms with Gasteiger partial charge in [0.05, 0.1) is 6.33 Å². The average molecular weight is 351 g/mol. The van der Waals surface area contributed by atoms with Gasteiger partial charge in [0.2, 0.25) is 0 Å². The summed E-state index contributed by atoms with van der Waals surface area (Å²) in [5, 5.41) is 0. The Morgan fingerprint density at radius 3 is 2.56 bits per heavy atom. The summed E-state index contributed by atoms with van der Waals surface area (Å²) in [6, 6.07) is 16.1. The van der Waals surface area contributed by atoms with Crippen LogP contribution >= 0.6 is 11.5 Å². The van der Waals surface area contributed by atoms with E-state index < -0.39 is 0 Å². The van der Waals surface area contributed by atoms with E-state index in [9.17, 15) is 9.18 Å². The Morgan fingerprint density at radius 1 is 1.04 bits per heavy atom. The Labute approximate surface area is 147 Å². The van der Waals surface area contributed by atoms with E-state index in [4.69, 9.17) is 0 Å². The van der Waals surface area contributed by atoms with Crippen LogP contribution in [0.4, 0.5) is 4.39 Å². The van der Waals surface area contributed by atoms with Crippen LogP contribution in [-0.2, 0) is 13.0 Å². The predicted molar refractivity (Wildman–Crippen MR) is 97.2 cm³/mol. The van der Waals surface area contributed by atoms with Gasteiger partial charge < -0.3 is 0 Å². The number of halogens is 1. The molecule has 4 aromatic rings. The summed E-state index contributed by atoms with van der Waals surface area (Å²) in [5.41, 5.74) is 3.02. The minimum atomic E-state index is -0.306. The molecule has 0 aliphatic heterocycles. The van der Waals surface area contributed by atoms with Crippen LogP contribution in [0.2, 0.25) is 0 Å². The molecule has 0 radical (unpaired) electrons. The van der Waals surface area contributed by atoms with Gasteiger partial charge in [-0.2, -0.15) is 4.37 Å². The lowest BCUT2D eigenvalue weighted by Gasteiger charge is -2.05.